The number of benzene rings is 2. The van der Waals surface area contributed by atoms with Gasteiger partial charge in [-0.2, -0.15) is 0 Å². The Balaban J connectivity index is 1.81. The molecule has 0 unspecified atom stereocenters. The van der Waals surface area contributed by atoms with Crippen LogP contribution in [0.1, 0.15) is 29.5 Å². The fourth-order valence-corrected chi connectivity index (χ4v) is 3.76. The summed E-state index contributed by atoms with van der Waals surface area (Å²) in [5.74, 6) is 1.52. The van der Waals surface area contributed by atoms with Crippen LogP contribution in [0.5, 0.6) is 5.75 Å². The summed E-state index contributed by atoms with van der Waals surface area (Å²) in [6.07, 6.45) is 5.58. The van der Waals surface area contributed by atoms with E-state index in [2.05, 4.69) is 23.5 Å². The van der Waals surface area contributed by atoms with Crippen molar-refractivity contribution >= 4 is 5.69 Å². The van der Waals surface area contributed by atoms with Crippen LogP contribution in [0.3, 0.4) is 0 Å². The normalized spacial score (nSPS) is 25.3. The highest BCUT2D eigenvalue weighted by molar-refractivity contribution is 5.67. The second kappa shape index (κ2) is 5.16. The largest absolute Gasteiger partial charge is 0.495 e. The Kier molecular flexibility index (Phi) is 3.14. The summed E-state index contributed by atoms with van der Waals surface area (Å²) >= 11 is 0. The van der Waals surface area contributed by atoms with E-state index in [1.807, 2.05) is 24.3 Å². The highest BCUT2D eigenvalue weighted by atomic mass is 19.1. The molecule has 3 heteroatoms. The maximum Gasteiger partial charge on any atom is 0.142 e. The highest BCUT2D eigenvalue weighted by Gasteiger charge is 2.38. The van der Waals surface area contributed by atoms with Gasteiger partial charge in [-0.25, -0.2) is 4.39 Å². The second-order valence-electron chi connectivity index (χ2n) is 5.95. The van der Waals surface area contributed by atoms with E-state index in [1.165, 1.54) is 17.7 Å². The number of methoxy groups -OCH3 is 1. The molecule has 1 aliphatic heterocycles. The Morgan fingerprint density at radius 3 is 2.73 bits per heavy atom. The molecule has 1 aliphatic carbocycles. The lowest BCUT2D eigenvalue weighted by Crippen LogP contribution is -2.29. The smallest absolute Gasteiger partial charge is 0.142 e. The first kappa shape index (κ1) is 13.4. The first-order valence-corrected chi connectivity index (χ1v) is 7.63. The molecule has 2 nitrogen and oxygen atoms in total. The Morgan fingerprint density at radius 1 is 1.14 bits per heavy atom. The molecular formula is C19H18FNO. The van der Waals surface area contributed by atoms with Crippen molar-refractivity contribution in [1.29, 1.82) is 0 Å². The summed E-state index contributed by atoms with van der Waals surface area (Å²) in [5, 5.41) is 3.64. The van der Waals surface area contributed by atoms with Gasteiger partial charge in [0.25, 0.3) is 0 Å². The molecule has 0 radical (unpaired) electrons. The van der Waals surface area contributed by atoms with Crippen molar-refractivity contribution in [2.45, 2.75) is 18.4 Å². The minimum Gasteiger partial charge on any atom is -0.495 e. The predicted molar refractivity (Wildman–Crippen MR) is 85.7 cm³/mol. The van der Waals surface area contributed by atoms with Crippen LogP contribution in [0, 0.1) is 11.7 Å². The molecule has 2 aromatic carbocycles. The molecule has 0 saturated carbocycles. The minimum atomic E-state index is -0.196. The summed E-state index contributed by atoms with van der Waals surface area (Å²) in [6.45, 7) is 0. The van der Waals surface area contributed by atoms with Crippen LogP contribution in [0.4, 0.5) is 10.1 Å². The zero-order chi connectivity index (χ0) is 15.1. The molecule has 112 valence electrons. The Labute approximate surface area is 129 Å². The zero-order valence-corrected chi connectivity index (χ0v) is 12.4. The predicted octanol–water partition coefficient (Wildman–Crippen LogP) is 4.66. The first-order chi connectivity index (χ1) is 10.8. The van der Waals surface area contributed by atoms with E-state index in [9.17, 15) is 4.39 Å². The Hall–Kier alpha value is -2.29. The van der Waals surface area contributed by atoms with Crippen molar-refractivity contribution in [2.75, 3.05) is 12.4 Å². The number of rotatable bonds is 2. The van der Waals surface area contributed by atoms with Gasteiger partial charge in [0.05, 0.1) is 18.8 Å². The van der Waals surface area contributed by atoms with Gasteiger partial charge in [-0.3, -0.25) is 0 Å². The first-order valence-electron chi connectivity index (χ1n) is 7.63. The molecular weight excluding hydrogens is 277 g/mol. The van der Waals surface area contributed by atoms with Gasteiger partial charge in [0.1, 0.15) is 11.6 Å². The number of anilines is 1. The van der Waals surface area contributed by atoms with Gasteiger partial charge in [0.15, 0.2) is 0 Å². The van der Waals surface area contributed by atoms with E-state index in [0.717, 1.165) is 23.4 Å². The average Bonchev–Trinajstić information content (AvgIpc) is 3.04. The lowest BCUT2D eigenvalue weighted by atomic mass is 9.77. The Bertz CT molecular complexity index is 723. The highest BCUT2D eigenvalue weighted by Crippen LogP contribution is 2.51. The Morgan fingerprint density at radius 2 is 1.95 bits per heavy atom. The molecule has 0 aromatic heterocycles. The molecule has 0 saturated heterocycles. The third-order valence-corrected chi connectivity index (χ3v) is 4.81. The van der Waals surface area contributed by atoms with E-state index in [4.69, 9.17) is 4.74 Å². The van der Waals surface area contributed by atoms with Crippen LogP contribution in [-0.2, 0) is 0 Å². The topological polar surface area (TPSA) is 21.3 Å². The SMILES string of the molecule is COc1cccc2c1N[C@@H](c1ccc(F)cc1)[C@@H]1CC=C[C@H]21. The fourth-order valence-electron chi connectivity index (χ4n) is 3.76. The van der Waals surface area contributed by atoms with Crippen molar-refractivity contribution in [3.8, 4) is 5.75 Å². The number of ether oxygens (including phenoxy) is 1. The molecule has 2 aromatic rings. The van der Waals surface area contributed by atoms with E-state index < -0.39 is 0 Å². The minimum absolute atomic E-state index is 0.171. The van der Waals surface area contributed by atoms with Crippen LogP contribution >= 0.6 is 0 Å². The number of para-hydroxylation sites is 1. The molecule has 4 rings (SSSR count). The van der Waals surface area contributed by atoms with E-state index in [1.54, 1.807) is 7.11 Å². The molecule has 3 atom stereocenters. The molecule has 1 heterocycles. The summed E-state index contributed by atoms with van der Waals surface area (Å²) in [4.78, 5) is 0. The molecule has 0 amide bonds. The lowest BCUT2D eigenvalue weighted by molar-refractivity contribution is 0.397. The van der Waals surface area contributed by atoms with E-state index >= 15 is 0 Å². The molecule has 0 bridgehead atoms. The van der Waals surface area contributed by atoms with Crippen molar-refractivity contribution in [1.82, 2.24) is 0 Å². The van der Waals surface area contributed by atoms with Crippen molar-refractivity contribution < 1.29 is 9.13 Å². The lowest BCUT2D eigenvalue weighted by Gasteiger charge is -2.38. The standard InChI is InChI=1S/C19H18FNO/c1-22-17-7-3-6-16-14-4-2-5-15(14)18(21-19(16)17)12-8-10-13(20)11-9-12/h2-4,6-11,14-15,18,21H,5H2,1H3/t14-,15+,18-/m0/s1. The van der Waals surface area contributed by atoms with Gasteiger partial charge < -0.3 is 10.1 Å². The van der Waals surface area contributed by atoms with E-state index in [0.29, 0.717) is 11.8 Å². The van der Waals surface area contributed by atoms with Gasteiger partial charge >= 0.3 is 0 Å². The van der Waals surface area contributed by atoms with Crippen molar-refractivity contribution in [3.05, 3.63) is 71.6 Å². The van der Waals surface area contributed by atoms with Gasteiger partial charge in [0.2, 0.25) is 0 Å². The number of halogens is 1. The maximum atomic E-state index is 13.2. The second-order valence-corrected chi connectivity index (χ2v) is 5.95. The molecule has 0 fully saturated rings. The summed E-state index contributed by atoms with van der Waals surface area (Å²) in [6, 6.07) is 13.2. The van der Waals surface area contributed by atoms with E-state index in [-0.39, 0.29) is 11.9 Å². The maximum absolute atomic E-state index is 13.2. The fraction of sp³-hybridized carbons (Fsp3) is 0.263. The third kappa shape index (κ3) is 2.00. The number of nitrogens with one attached hydrogen (secondary N) is 1. The number of allylic oxidation sites excluding steroid dienone is 2. The molecule has 22 heavy (non-hydrogen) atoms. The van der Waals surface area contributed by atoms with Crippen molar-refractivity contribution in [2.24, 2.45) is 5.92 Å². The van der Waals surface area contributed by atoms with Crippen LogP contribution in [0.25, 0.3) is 0 Å². The summed E-state index contributed by atoms with van der Waals surface area (Å²) in [7, 11) is 1.70. The van der Waals surface area contributed by atoms with Crippen LogP contribution < -0.4 is 10.1 Å². The molecule has 2 aliphatic rings. The average molecular weight is 295 g/mol. The van der Waals surface area contributed by atoms with Crippen LogP contribution in [-0.4, -0.2) is 7.11 Å². The van der Waals surface area contributed by atoms with Gasteiger partial charge in [0, 0.05) is 5.92 Å². The number of fused-ring (bicyclic) bond motifs is 3. The summed E-state index contributed by atoms with van der Waals surface area (Å²) in [5.41, 5.74) is 3.47. The molecule has 1 N–H and O–H groups in total. The van der Waals surface area contributed by atoms with Crippen LogP contribution in [0.15, 0.2) is 54.6 Å². The van der Waals surface area contributed by atoms with Crippen LogP contribution in [0.2, 0.25) is 0 Å². The van der Waals surface area contributed by atoms with Gasteiger partial charge in [-0.1, -0.05) is 36.4 Å². The number of hydrogen-bond donors (Lipinski definition) is 1. The monoisotopic (exact) mass is 295 g/mol. The van der Waals surface area contributed by atoms with Gasteiger partial charge in [-0.05, 0) is 41.7 Å². The van der Waals surface area contributed by atoms with Gasteiger partial charge in [-0.15, -0.1) is 0 Å². The number of hydrogen-bond acceptors (Lipinski definition) is 2. The molecule has 0 spiro atoms. The van der Waals surface area contributed by atoms with Crippen molar-refractivity contribution in [3.63, 3.8) is 0 Å². The quantitative estimate of drug-likeness (QED) is 0.814. The zero-order valence-electron chi connectivity index (χ0n) is 12.4. The summed E-state index contributed by atoms with van der Waals surface area (Å²) < 4.78 is 18.7. The third-order valence-electron chi connectivity index (χ3n) is 4.81.